The molecule has 3 aliphatic rings. The number of alkyl halides is 3. The van der Waals surface area contributed by atoms with Gasteiger partial charge >= 0.3 is 12.1 Å². The molecule has 2 saturated heterocycles. The first-order valence-electron chi connectivity index (χ1n) is 11.5. The van der Waals surface area contributed by atoms with Crippen molar-refractivity contribution in [1.82, 2.24) is 15.5 Å². The molecule has 4 unspecified atom stereocenters. The molecular formula is C23H36F3N5O4. The standard InChI is InChI=1S/C13H23NO.C8H11N3O2.C2H2F3NO/c1-12(2,3)6-11(15)14-7-9-10(8-14)13(9,4)5;9-4-7(11-5-12)3-6-1-2-10-8(6)13;3-2(4,5)1(6)7/h9-10H,6-8H2,1-5H3;5-7H,1-3H2,(H,10,13)(H,11,12);(H2,6,7). The quantitative estimate of drug-likeness (QED) is 0.489. The lowest BCUT2D eigenvalue weighted by Gasteiger charge is -2.26. The van der Waals surface area contributed by atoms with Gasteiger partial charge in [0.1, 0.15) is 6.04 Å². The van der Waals surface area contributed by atoms with E-state index in [0.29, 0.717) is 37.1 Å². The molecule has 2 heterocycles. The fourth-order valence-electron chi connectivity index (χ4n) is 4.30. The second-order valence-electron chi connectivity index (χ2n) is 10.9. The third-order valence-corrected chi connectivity index (χ3v) is 6.54. The maximum Gasteiger partial charge on any atom is 0.470 e. The monoisotopic (exact) mass is 503 g/mol. The van der Waals surface area contributed by atoms with Gasteiger partial charge in [0.2, 0.25) is 18.2 Å². The van der Waals surface area contributed by atoms with Crippen LogP contribution in [-0.2, 0) is 19.2 Å². The lowest BCUT2D eigenvalue weighted by molar-refractivity contribution is -0.169. The number of fused-ring (bicyclic) bond motifs is 1. The summed E-state index contributed by atoms with van der Waals surface area (Å²) in [5.41, 5.74) is 4.44. The van der Waals surface area contributed by atoms with Crippen molar-refractivity contribution >= 4 is 24.1 Å². The van der Waals surface area contributed by atoms with E-state index in [1.165, 1.54) is 0 Å². The predicted octanol–water partition coefficient (Wildman–Crippen LogP) is 1.72. The highest BCUT2D eigenvalue weighted by molar-refractivity contribution is 5.80. The van der Waals surface area contributed by atoms with E-state index in [1.54, 1.807) is 0 Å². The van der Waals surface area contributed by atoms with Gasteiger partial charge in [-0.2, -0.15) is 18.4 Å². The Morgan fingerprint density at radius 3 is 2.14 bits per heavy atom. The smallest absolute Gasteiger partial charge is 0.362 e. The number of carbonyl (C=O) groups excluding carboxylic acids is 4. The summed E-state index contributed by atoms with van der Waals surface area (Å²) < 4.78 is 32.1. The summed E-state index contributed by atoms with van der Waals surface area (Å²) in [6.07, 6.45) is -2.54. The third kappa shape index (κ3) is 9.38. The molecule has 2 aliphatic heterocycles. The highest BCUT2D eigenvalue weighted by atomic mass is 19.4. The van der Waals surface area contributed by atoms with E-state index in [2.05, 4.69) is 55.9 Å². The zero-order chi connectivity index (χ0) is 27.2. The molecule has 3 rings (SSSR count). The molecule has 0 aromatic heterocycles. The van der Waals surface area contributed by atoms with Crippen LogP contribution in [-0.4, -0.2) is 60.9 Å². The van der Waals surface area contributed by atoms with Crippen LogP contribution in [0.5, 0.6) is 0 Å². The molecule has 35 heavy (non-hydrogen) atoms. The maximum atomic E-state index is 12.0. The summed E-state index contributed by atoms with van der Waals surface area (Å²) in [5, 5.41) is 13.6. The number of piperidine rings is 1. The van der Waals surface area contributed by atoms with Crippen LogP contribution < -0.4 is 16.4 Å². The average Bonchev–Trinajstić information content (AvgIpc) is 3.12. The minimum atomic E-state index is -4.86. The Labute approximate surface area is 203 Å². The minimum absolute atomic E-state index is 0.0204. The van der Waals surface area contributed by atoms with Crippen LogP contribution in [0.3, 0.4) is 0 Å². The molecule has 4 atom stereocenters. The van der Waals surface area contributed by atoms with Crippen molar-refractivity contribution in [1.29, 1.82) is 5.26 Å². The van der Waals surface area contributed by atoms with Gasteiger partial charge in [-0.15, -0.1) is 0 Å². The normalized spacial score (nSPS) is 24.8. The number of hydrogen-bond donors (Lipinski definition) is 3. The molecule has 4 N–H and O–H groups in total. The van der Waals surface area contributed by atoms with Crippen molar-refractivity contribution < 1.29 is 32.3 Å². The van der Waals surface area contributed by atoms with Crippen molar-refractivity contribution in [2.75, 3.05) is 19.6 Å². The van der Waals surface area contributed by atoms with Gasteiger partial charge in [0, 0.05) is 32.0 Å². The van der Waals surface area contributed by atoms with Crippen molar-refractivity contribution in [3.63, 3.8) is 0 Å². The lowest BCUT2D eigenvalue weighted by atomic mass is 9.91. The number of nitrogens with two attached hydrogens (primary N) is 1. The molecule has 198 valence electrons. The Morgan fingerprint density at radius 2 is 1.80 bits per heavy atom. The van der Waals surface area contributed by atoms with Crippen LogP contribution >= 0.6 is 0 Å². The van der Waals surface area contributed by atoms with Gasteiger partial charge < -0.3 is 21.3 Å². The number of nitrogens with one attached hydrogen (secondary N) is 2. The summed E-state index contributed by atoms with van der Waals surface area (Å²) >= 11 is 0. The molecule has 9 nitrogen and oxygen atoms in total. The first-order valence-corrected chi connectivity index (χ1v) is 11.5. The van der Waals surface area contributed by atoms with Crippen molar-refractivity contribution in [2.24, 2.45) is 34.3 Å². The van der Waals surface area contributed by atoms with Crippen LogP contribution in [0.25, 0.3) is 0 Å². The average molecular weight is 504 g/mol. The number of nitriles is 1. The second kappa shape index (κ2) is 11.7. The summed E-state index contributed by atoms with van der Waals surface area (Å²) in [4.78, 5) is 44.3. The van der Waals surface area contributed by atoms with E-state index in [-0.39, 0.29) is 17.2 Å². The SMILES string of the molecule is CC(C)(C)CC(=O)N1CC2C(C1)C2(C)C.N#CC(CC1CCNC1=O)NC=O.NC(=O)C(F)(F)F. The van der Waals surface area contributed by atoms with Crippen molar-refractivity contribution in [2.45, 2.75) is 66.1 Å². The summed E-state index contributed by atoms with van der Waals surface area (Å²) in [6, 6.07) is 1.38. The molecule has 4 amide bonds. The zero-order valence-electron chi connectivity index (χ0n) is 20.9. The highest BCUT2D eigenvalue weighted by Gasteiger charge is 2.62. The van der Waals surface area contributed by atoms with Gasteiger partial charge in [-0.25, -0.2) is 0 Å². The largest absolute Gasteiger partial charge is 0.470 e. The summed E-state index contributed by atoms with van der Waals surface area (Å²) in [6.45, 7) is 13.7. The number of rotatable bonds is 5. The van der Waals surface area contributed by atoms with Gasteiger partial charge in [-0.3, -0.25) is 19.2 Å². The van der Waals surface area contributed by atoms with E-state index >= 15 is 0 Å². The summed E-state index contributed by atoms with van der Waals surface area (Å²) in [5.74, 6) is -0.495. The highest BCUT2D eigenvalue weighted by Crippen LogP contribution is 2.62. The number of likely N-dealkylation sites (tertiary alicyclic amines) is 1. The Morgan fingerprint density at radius 1 is 1.29 bits per heavy atom. The van der Waals surface area contributed by atoms with E-state index in [0.717, 1.165) is 31.3 Å². The van der Waals surface area contributed by atoms with Crippen LogP contribution in [0.1, 0.15) is 53.9 Å². The number of carbonyl (C=O) groups is 4. The molecule has 0 aromatic rings. The maximum absolute atomic E-state index is 12.0. The number of halogens is 3. The molecule has 0 aromatic carbocycles. The Balaban J connectivity index is 0.000000281. The fraction of sp³-hybridized carbons (Fsp3) is 0.783. The first kappa shape index (κ1) is 30.2. The number of primary amides is 1. The van der Waals surface area contributed by atoms with Gasteiger partial charge in [-0.05, 0) is 35.5 Å². The Bertz CT molecular complexity index is 818. The Hall–Kier alpha value is -2.84. The van der Waals surface area contributed by atoms with Gasteiger partial charge in [0.05, 0.1) is 6.07 Å². The van der Waals surface area contributed by atoms with E-state index in [4.69, 9.17) is 10.1 Å². The van der Waals surface area contributed by atoms with E-state index in [9.17, 15) is 27.6 Å². The molecule has 1 aliphatic carbocycles. The second-order valence-corrected chi connectivity index (χ2v) is 10.9. The molecule has 1 saturated carbocycles. The number of amides is 4. The third-order valence-electron chi connectivity index (χ3n) is 6.54. The summed E-state index contributed by atoms with van der Waals surface area (Å²) in [7, 11) is 0. The topological polar surface area (TPSA) is 145 Å². The predicted molar refractivity (Wildman–Crippen MR) is 121 cm³/mol. The van der Waals surface area contributed by atoms with E-state index in [1.807, 2.05) is 6.07 Å². The molecule has 3 fully saturated rings. The molecule has 12 heteroatoms. The zero-order valence-corrected chi connectivity index (χ0v) is 20.9. The Kier molecular flexibility index (Phi) is 10.1. The molecular weight excluding hydrogens is 467 g/mol. The molecule has 0 bridgehead atoms. The fourth-order valence-corrected chi connectivity index (χ4v) is 4.30. The lowest BCUT2D eigenvalue weighted by Crippen LogP contribution is -2.35. The molecule has 0 spiro atoms. The first-order chi connectivity index (χ1) is 15.9. The van der Waals surface area contributed by atoms with Crippen LogP contribution in [0.2, 0.25) is 0 Å². The van der Waals surface area contributed by atoms with Crippen LogP contribution in [0.15, 0.2) is 0 Å². The number of nitrogens with zero attached hydrogens (tertiary/aromatic N) is 2. The minimum Gasteiger partial charge on any atom is -0.362 e. The van der Waals surface area contributed by atoms with Crippen LogP contribution in [0, 0.1) is 39.9 Å². The van der Waals surface area contributed by atoms with Crippen molar-refractivity contribution in [3.05, 3.63) is 0 Å². The van der Waals surface area contributed by atoms with Crippen molar-refractivity contribution in [3.8, 4) is 6.07 Å². The molecule has 0 radical (unpaired) electrons. The van der Waals surface area contributed by atoms with Gasteiger partial charge in [-0.1, -0.05) is 34.6 Å². The van der Waals surface area contributed by atoms with Crippen LogP contribution in [0.4, 0.5) is 13.2 Å². The van der Waals surface area contributed by atoms with E-state index < -0.39 is 18.1 Å². The van der Waals surface area contributed by atoms with Gasteiger partial charge in [0.25, 0.3) is 0 Å². The number of hydrogen-bond acceptors (Lipinski definition) is 5. The van der Waals surface area contributed by atoms with Gasteiger partial charge in [0.15, 0.2) is 0 Å².